The molecule has 1 atom stereocenters. The van der Waals surface area contributed by atoms with Crippen LogP contribution in [0.5, 0.6) is 5.75 Å². The van der Waals surface area contributed by atoms with Crippen molar-refractivity contribution in [2.75, 3.05) is 18.2 Å². The Hall–Kier alpha value is -3.13. The molecule has 1 unspecified atom stereocenters. The number of carbonyl (C=O) groups is 2. The fourth-order valence-electron chi connectivity index (χ4n) is 3.36. The zero-order valence-corrected chi connectivity index (χ0v) is 17.6. The van der Waals surface area contributed by atoms with Gasteiger partial charge in [-0.05, 0) is 42.8 Å². The zero-order valence-electron chi connectivity index (χ0n) is 16.8. The molecule has 8 heteroatoms. The van der Waals surface area contributed by atoms with Crippen molar-refractivity contribution >= 4 is 46.0 Å². The second-order valence-electron chi connectivity index (χ2n) is 6.91. The number of anilines is 1. The molecule has 2 aromatic rings. The Morgan fingerprint density at radius 2 is 1.97 bits per heavy atom. The summed E-state index contributed by atoms with van der Waals surface area (Å²) in [7, 11) is 1.59. The van der Waals surface area contributed by atoms with E-state index < -0.39 is 6.04 Å². The first-order chi connectivity index (χ1) is 14.6. The molecule has 2 heterocycles. The van der Waals surface area contributed by atoms with Crippen LogP contribution < -0.4 is 10.1 Å². The van der Waals surface area contributed by atoms with Crippen molar-refractivity contribution in [2.45, 2.75) is 25.8 Å². The summed E-state index contributed by atoms with van der Waals surface area (Å²) in [6.45, 7) is 2.03. The number of hydrogen-bond acceptors (Lipinski definition) is 6. The molecular formula is C22H22N4O3S. The normalized spacial score (nSPS) is 17.1. The predicted octanol–water partition coefficient (Wildman–Crippen LogP) is 3.83. The predicted molar refractivity (Wildman–Crippen MR) is 120 cm³/mol. The van der Waals surface area contributed by atoms with Crippen molar-refractivity contribution in [2.24, 2.45) is 9.98 Å². The molecule has 0 spiro atoms. The van der Waals surface area contributed by atoms with Crippen LogP contribution in [0.25, 0.3) is 0 Å². The molecule has 0 bridgehead atoms. The van der Waals surface area contributed by atoms with E-state index in [2.05, 4.69) is 15.3 Å². The number of carbonyl (C=O) groups excluding carboxylic acids is 2. The van der Waals surface area contributed by atoms with E-state index in [9.17, 15) is 9.59 Å². The molecule has 0 saturated carbocycles. The fraction of sp³-hybridized carbons (Fsp3) is 0.273. The quantitative estimate of drug-likeness (QED) is 0.767. The van der Waals surface area contributed by atoms with Crippen molar-refractivity contribution in [3.8, 4) is 5.75 Å². The molecular weight excluding hydrogens is 400 g/mol. The summed E-state index contributed by atoms with van der Waals surface area (Å²) in [5, 5.41) is 3.33. The third-order valence-electron chi connectivity index (χ3n) is 4.82. The lowest BCUT2D eigenvalue weighted by molar-refractivity contribution is -0.124. The van der Waals surface area contributed by atoms with Gasteiger partial charge in [0.1, 0.15) is 17.6 Å². The van der Waals surface area contributed by atoms with Gasteiger partial charge >= 0.3 is 0 Å². The van der Waals surface area contributed by atoms with Crippen LogP contribution in [0.2, 0.25) is 0 Å². The number of para-hydroxylation sites is 1. The number of amidine groups is 2. The van der Waals surface area contributed by atoms with Crippen molar-refractivity contribution in [3.63, 3.8) is 0 Å². The van der Waals surface area contributed by atoms with Crippen LogP contribution in [0.4, 0.5) is 11.4 Å². The van der Waals surface area contributed by atoms with E-state index in [4.69, 9.17) is 4.74 Å². The lowest BCUT2D eigenvalue weighted by Crippen LogP contribution is -2.41. The SMILES string of the molecule is CCCC1N=C2c3ccccc3N=C(SCC(=O)Nc3ccc(OC)cc3)N2C1=O. The second-order valence-corrected chi connectivity index (χ2v) is 7.85. The number of ether oxygens (including phenoxy) is 1. The minimum absolute atomic E-state index is 0.0804. The number of amides is 2. The highest BCUT2D eigenvalue weighted by Gasteiger charge is 2.40. The first-order valence-electron chi connectivity index (χ1n) is 9.77. The van der Waals surface area contributed by atoms with E-state index in [0.29, 0.717) is 23.1 Å². The second kappa shape index (κ2) is 8.71. The molecule has 0 aromatic heterocycles. The van der Waals surface area contributed by atoms with Crippen LogP contribution in [0.1, 0.15) is 25.3 Å². The van der Waals surface area contributed by atoms with Gasteiger partial charge in [0, 0.05) is 11.3 Å². The topological polar surface area (TPSA) is 83.4 Å². The van der Waals surface area contributed by atoms with Crippen LogP contribution in [-0.4, -0.2) is 46.6 Å². The average molecular weight is 423 g/mol. The summed E-state index contributed by atoms with van der Waals surface area (Å²) in [6, 6.07) is 14.4. The van der Waals surface area contributed by atoms with Gasteiger partial charge in [-0.2, -0.15) is 0 Å². The van der Waals surface area contributed by atoms with E-state index in [1.807, 2.05) is 31.2 Å². The Kier molecular flexibility index (Phi) is 5.85. The van der Waals surface area contributed by atoms with Crippen LogP contribution >= 0.6 is 11.8 Å². The van der Waals surface area contributed by atoms with Gasteiger partial charge in [-0.1, -0.05) is 37.2 Å². The Morgan fingerprint density at radius 1 is 1.20 bits per heavy atom. The van der Waals surface area contributed by atoms with Gasteiger partial charge in [0.05, 0.1) is 18.6 Å². The lowest BCUT2D eigenvalue weighted by Gasteiger charge is -2.25. The smallest absolute Gasteiger partial charge is 0.259 e. The molecule has 2 aliphatic heterocycles. The van der Waals surface area contributed by atoms with E-state index in [1.54, 1.807) is 36.3 Å². The van der Waals surface area contributed by atoms with Gasteiger partial charge in [-0.3, -0.25) is 14.6 Å². The maximum Gasteiger partial charge on any atom is 0.259 e. The van der Waals surface area contributed by atoms with Gasteiger partial charge < -0.3 is 10.1 Å². The number of rotatable bonds is 6. The number of nitrogens with zero attached hydrogens (tertiary/aromatic N) is 3. The number of methoxy groups -OCH3 is 1. The summed E-state index contributed by atoms with van der Waals surface area (Å²) < 4.78 is 5.12. The number of nitrogens with one attached hydrogen (secondary N) is 1. The van der Waals surface area contributed by atoms with Crippen molar-refractivity contribution in [1.29, 1.82) is 0 Å². The van der Waals surface area contributed by atoms with Gasteiger partial charge in [0.2, 0.25) is 5.91 Å². The Balaban J connectivity index is 1.50. The van der Waals surface area contributed by atoms with E-state index >= 15 is 0 Å². The zero-order chi connectivity index (χ0) is 21.1. The van der Waals surface area contributed by atoms with Crippen molar-refractivity contribution in [1.82, 2.24) is 4.90 Å². The maximum atomic E-state index is 13.0. The monoisotopic (exact) mass is 422 g/mol. The number of hydrogen-bond donors (Lipinski definition) is 1. The molecule has 30 heavy (non-hydrogen) atoms. The Bertz CT molecular complexity index is 1030. The maximum absolute atomic E-state index is 13.0. The lowest BCUT2D eigenvalue weighted by atomic mass is 10.1. The third kappa shape index (κ3) is 3.95. The van der Waals surface area contributed by atoms with Crippen LogP contribution in [0.3, 0.4) is 0 Å². The molecule has 1 N–H and O–H groups in total. The van der Waals surface area contributed by atoms with Crippen LogP contribution in [0, 0.1) is 0 Å². The largest absolute Gasteiger partial charge is 0.497 e. The van der Waals surface area contributed by atoms with Crippen LogP contribution in [0.15, 0.2) is 58.5 Å². The minimum Gasteiger partial charge on any atom is -0.497 e. The van der Waals surface area contributed by atoms with Gasteiger partial charge in [-0.25, -0.2) is 9.89 Å². The average Bonchev–Trinajstić information content (AvgIpc) is 3.09. The molecule has 0 fully saturated rings. The first kappa shape index (κ1) is 20.2. The number of fused-ring (bicyclic) bond motifs is 3. The van der Waals surface area contributed by atoms with Gasteiger partial charge in [-0.15, -0.1) is 0 Å². The van der Waals surface area contributed by atoms with Gasteiger partial charge in [0.15, 0.2) is 5.17 Å². The molecule has 0 aliphatic carbocycles. The molecule has 2 aromatic carbocycles. The molecule has 2 aliphatic rings. The summed E-state index contributed by atoms with van der Waals surface area (Å²) in [6.07, 6.45) is 1.56. The van der Waals surface area contributed by atoms with Crippen LogP contribution in [-0.2, 0) is 9.59 Å². The molecule has 4 rings (SSSR count). The highest BCUT2D eigenvalue weighted by molar-refractivity contribution is 8.14. The standard InChI is InChI=1S/C22H22N4O3S/c1-3-6-18-21(28)26-20(24-18)16-7-4-5-8-17(16)25-22(26)30-13-19(27)23-14-9-11-15(29-2)12-10-14/h4-5,7-12,18H,3,6,13H2,1-2H3,(H,23,27). The number of benzene rings is 2. The first-order valence-corrected chi connectivity index (χ1v) is 10.8. The Morgan fingerprint density at radius 3 is 2.70 bits per heavy atom. The Labute approximate surface area is 179 Å². The summed E-state index contributed by atoms with van der Waals surface area (Å²) in [5.41, 5.74) is 2.28. The summed E-state index contributed by atoms with van der Waals surface area (Å²) in [4.78, 5) is 36.3. The molecule has 0 radical (unpaired) electrons. The highest BCUT2D eigenvalue weighted by Crippen LogP contribution is 2.34. The molecule has 154 valence electrons. The number of aliphatic imine (C=N–C) groups is 2. The molecule has 2 amide bonds. The number of thioether (sulfide) groups is 1. The van der Waals surface area contributed by atoms with E-state index in [0.717, 1.165) is 23.4 Å². The molecule has 7 nitrogen and oxygen atoms in total. The van der Waals surface area contributed by atoms with Crippen molar-refractivity contribution in [3.05, 3.63) is 54.1 Å². The highest BCUT2D eigenvalue weighted by atomic mass is 32.2. The fourth-order valence-corrected chi connectivity index (χ4v) is 4.16. The minimum atomic E-state index is -0.393. The molecule has 0 saturated heterocycles. The van der Waals surface area contributed by atoms with E-state index in [1.165, 1.54) is 11.8 Å². The summed E-state index contributed by atoms with van der Waals surface area (Å²) >= 11 is 1.23. The van der Waals surface area contributed by atoms with Crippen molar-refractivity contribution < 1.29 is 14.3 Å². The van der Waals surface area contributed by atoms with E-state index in [-0.39, 0.29) is 17.6 Å². The third-order valence-corrected chi connectivity index (χ3v) is 5.75. The summed E-state index contributed by atoms with van der Waals surface area (Å²) in [5.74, 6) is 1.22. The van der Waals surface area contributed by atoms with Gasteiger partial charge in [0.25, 0.3) is 5.91 Å².